The number of nitrogens with one attached hydrogen (secondary N) is 1. The summed E-state index contributed by atoms with van der Waals surface area (Å²) in [6.45, 7) is 10.8. The second-order valence-electron chi connectivity index (χ2n) is 10.8. The number of amides is 2. The van der Waals surface area contributed by atoms with Crippen LogP contribution in [0.5, 0.6) is 5.75 Å². The summed E-state index contributed by atoms with van der Waals surface area (Å²) < 4.78 is 47.9. The minimum absolute atomic E-state index is 0.0679. The molecule has 0 fully saturated rings. The maximum Gasteiger partial charge on any atom is 0.264 e. The first-order valence-corrected chi connectivity index (χ1v) is 14.8. The molecule has 3 aromatic carbocycles. The molecule has 0 saturated carbocycles. The minimum Gasteiger partial charge on any atom is -0.494 e. The number of sulfonamides is 1. The lowest BCUT2D eigenvalue weighted by Crippen LogP contribution is -2.54. The number of carbonyl (C=O) groups excluding carboxylic acids is 2. The third-order valence-corrected chi connectivity index (χ3v) is 8.04. The number of aryl methyl sites for hydroxylation is 1. The molecule has 3 aromatic rings. The molecule has 8 nitrogen and oxygen atoms in total. The van der Waals surface area contributed by atoms with E-state index < -0.39 is 39.9 Å². The predicted octanol–water partition coefficient (Wildman–Crippen LogP) is 5.06. The maximum absolute atomic E-state index is 13.9. The lowest BCUT2D eigenvalue weighted by molar-refractivity contribution is -0.140. The zero-order valence-electron chi connectivity index (χ0n) is 24.3. The molecule has 10 heteroatoms. The van der Waals surface area contributed by atoms with Crippen molar-refractivity contribution in [3.05, 3.63) is 89.7 Å². The van der Waals surface area contributed by atoms with Gasteiger partial charge in [0.2, 0.25) is 11.8 Å². The molecule has 0 saturated heterocycles. The SMILES string of the molecule is CCOc1ccc(S(=O)(=O)N(CC(=O)N(Cc2ccc(C)cc2)[C@@H](C)C(=O)NC(C)(C)C)c2ccc(F)cc2)cc1. The Hall–Kier alpha value is -3.92. The van der Waals surface area contributed by atoms with Gasteiger partial charge in [0.25, 0.3) is 10.0 Å². The van der Waals surface area contributed by atoms with Crippen LogP contribution in [0.1, 0.15) is 45.7 Å². The minimum atomic E-state index is -4.27. The molecular formula is C31H38FN3O5S. The molecule has 0 aliphatic heterocycles. The Bertz CT molecular complexity index is 1440. The number of hydrogen-bond acceptors (Lipinski definition) is 5. The summed E-state index contributed by atoms with van der Waals surface area (Å²) in [6, 6.07) is 17.3. The first-order valence-electron chi connectivity index (χ1n) is 13.4. The van der Waals surface area contributed by atoms with Gasteiger partial charge in [0, 0.05) is 12.1 Å². The highest BCUT2D eigenvalue weighted by Crippen LogP contribution is 2.26. The normalized spacial score (nSPS) is 12.4. The van der Waals surface area contributed by atoms with E-state index in [1.54, 1.807) is 6.92 Å². The van der Waals surface area contributed by atoms with Crippen molar-refractivity contribution < 1.29 is 27.1 Å². The van der Waals surface area contributed by atoms with E-state index in [-0.39, 0.29) is 23.0 Å². The molecule has 220 valence electrons. The Kier molecular flexibility index (Phi) is 10.1. The number of benzene rings is 3. The fourth-order valence-electron chi connectivity index (χ4n) is 4.08. The van der Waals surface area contributed by atoms with Crippen LogP contribution in [0.15, 0.2) is 77.7 Å². The topological polar surface area (TPSA) is 96.0 Å². The van der Waals surface area contributed by atoms with E-state index in [1.165, 1.54) is 41.3 Å². The van der Waals surface area contributed by atoms with Crippen LogP contribution < -0.4 is 14.4 Å². The summed E-state index contributed by atoms with van der Waals surface area (Å²) in [5.74, 6) is -1.02. The Balaban J connectivity index is 2.02. The molecule has 0 aliphatic carbocycles. The van der Waals surface area contributed by atoms with Crippen molar-refractivity contribution in [2.24, 2.45) is 0 Å². The van der Waals surface area contributed by atoms with Crippen LogP contribution in [0.2, 0.25) is 0 Å². The van der Waals surface area contributed by atoms with Crippen molar-refractivity contribution in [3.8, 4) is 5.75 Å². The standard InChI is InChI=1S/C31H38FN3O5S/c1-7-40-27-16-18-28(19-17-27)41(38,39)35(26-14-12-25(32)13-15-26)21-29(36)34(20-24-10-8-22(2)9-11-24)23(3)30(37)33-31(4,5)6/h8-19,23H,7,20-21H2,1-6H3,(H,33,37)/t23-/m0/s1. The second kappa shape index (κ2) is 13.2. The van der Waals surface area contributed by atoms with Crippen LogP contribution in [-0.2, 0) is 26.2 Å². The van der Waals surface area contributed by atoms with Gasteiger partial charge in [-0.05, 0) is 95.6 Å². The monoisotopic (exact) mass is 583 g/mol. The number of anilines is 1. The van der Waals surface area contributed by atoms with Crippen LogP contribution in [0, 0.1) is 12.7 Å². The van der Waals surface area contributed by atoms with Gasteiger partial charge in [0.15, 0.2) is 0 Å². The first-order chi connectivity index (χ1) is 19.2. The third-order valence-electron chi connectivity index (χ3n) is 6.26. The van der Waals surface area contributed by atoms with E-state index in [4.69, 9.17) is 4.74 Å². The highest BCUT2D eigenvalue weighted by molar-refractivity contribution is 7.92. The van der Waals surface area contributed by atoms with Crippen molar-refractivity contribution >= 4 is 27.5 Å². The van der Waals surface area contributed by atoms with E-state index in [2.05, 4.69) is 5.32 Å². The van der Waals surface area contributed by atoms with Crippen molar-refractivity contribution in [1.29, 1.82) is 0 Å². The van der Waals surface area contributed by atoms with E-state index >= 15 is 0 Å². The second-order valence-corrected chi connectivity index (χ2v) is 12.7. The Morgan fingerprint density at radius 2 is 1.54 bits per heavy atom. The zero-order chi connectivity index (χ0) is 30.4. The molecule has 0 bridgehead atoms. The van der Waals surface area contributed by atoms with Crippen molar-refractivity contribution in [3.63, 3.8) is 0 Å². The van der Waals surface area contributed by atoms with Gasteiger partial charge in [0.05, 0.1) is 17.2 Å². The van der Waals surface area contributed by atoms with Gasteiger partial charge in [-0.15, -0.1) is 0 Å². The summed E-state index contributed by atoms with van der Waals surface area (Å²) in [7, 11) is -4.27. The molecule has 0 aliphatic rings. The van der Waals surface area contributed by atoms with Gasteiger partial charge in [-0.2, -0.15) is 0 Å². The number of nitrogens with zero attached hydrogens (tertiary/aromatic N) is 2. The highest BCUT2D eigenvalue weighted by atomic mass is 32.2. The molecule has 0 unspecified atom stereocenters. The third kappa shape index (κ3) is 8.53. The van der Waals surface area contributed by atoms with Crippen LogP contribution in [-0.4, -0.2) is 49.9 Å². The molecule has 41 heavy (non-hydrogen) atoms. The molecule has 1 atom stereocenters. The number of ether oxygens (including phenoxy) is 1. The predicted molar refractivity (Wildman–Crippen MR) is 158 cm³/mol. The van der Waals surface area contributed by atoms with Gasteiger partial charge in [-0.25, -0.2) is 12.8 Å². The number of rotatable bonds is 11. The van der Waals surface area contributed by atoms with Gasteiger partial charge in [0.1, 0.15) is 24.2 Å². The average Bonchev–Trinajstić information content (AvgIpc) is 2.91. The summed E-state index contributed by atoms with van der Waals surface area (Å²) >= 11 is 0. The largest absolute Gasteiger partial charge is 0.494 e. The summed E-state index contributed by atoms with van der Waals surface area (Å²) in [6.07, 6.45) is 0. The number of hydrogen-bond donors (Lipinski definition) is 1. The van der Waals surface area contributed by atoms with Crippen LogP contribution in [0.3, 0.4) is 0 Å². The summed E-state index contributed by atoms with van der Waals surface area (Å²) in [4.78, 5) is 28.4. The zero-order valence-corrected chi connectivity index (χ0v) is 25.2. The van der Waals surface area contributed by atoms with Crippen molar-refractivity contribution in [2.45, 2.75) is 64.6 Å². The lowest BCUT2D eigenvalue weighted by Gasteiger charge is -2.33. The fourth-order valence-corrected chi connectivity index (χ4v) is 5.50. The molecule has 0 spiro atoms. The smallest absolute Gasteiger partial charge is 0.264 e. The first kappa shape index (κ1) is 31.6. The van der Waals surface area contributed by atoms with E-state index in [0.717, 1.165) is 27.6 Å². The molecule has 3 rings (SSSR count). The lowest BCUT2D eigenvalue weighted by atomic mass is 10.1. The average molecular weight is 584 g/mol. The van der Waals surface area contributed by atoms with E-state index in [1.807, 2.05) is 58.9 Å². The van der Waals surface area contributed by atoms with Crippen LogP contribution >= 0.6 is 0 Å². The summed E-state index contributed by atoms with van der Waals surface area (Å²) in [5, 5.41) is 2.89. The maximum atomic E-state index is 13.9. The van der Waals surface area contributed by atoms with E-state index in [9.17, 15) is 22.4 Å². The Morgan fingerprint density at radius 3 is 2.07 bits per heavy atom. The quantitative estimate of drug-likeness (QED) is 0.341. The number of carbonyl (C=O) groups is 2. The molecule has 1 N–H and O–H groups in total. The Labute approximate surface area is 242 Å². The van der Waals surface area contributed by atoms with Crippen LogP contribution in [0.25, 0.3) is 0 Å². The van der Waals surface area contributed by atoms with Crippen molar-refractivity contribution in [1.82, 2.24) is 10.2 Å². The van der Waals surface area contributed by atoms with Crippen LogP contribution in [0.4, 0.5) is 10.1 Å². The van der Waals surface area contributed by atoms with Gasteiger partial charge in [-0.3, -0.25) is 13.9 Å². The molecule has 2 amide bonds. The van der Waals surface area contributed by atoms with Gasteiger partial charge >= 0.3 is 0 Å². The fraction of sp³-hybridized carbons (Fsp3) is 0.355. The van der Waals surface area contributed by atoms with Gasteiger partial charge < -0.3 is 15.0 Å². The number of halogens is 1. The van der Waals surface area contributed by atoms with Gasteiger partial charge in [-0.1, -0.05) is 29.8 Å². The van der Waals surface area contributed by atoms with Crippen molar-refractivity contribution in [2.75, 3.05) is 17.5 Å². The Morgan fingerprint density at radius 1 is 0.951 bits per heavy atom. The molecule has 0 aromatic heterocycles. The molecule has 0 radical (unpaired) electrons. The van der Waals surface area contributed by atoms with E-state index in [0.29, 0.717) is 12.4 Å². The highest BCUT2D eigenvalue weighted by Gasteiger charge is 2.33. The molecule has 0 heterocycles. The summed E-state index contributed by atoms with van der Waals surface area (Å²) in [5.41, 5.74) is 1.38. The molecular weight excluding hydrogens is 545 g/mol.